The van der Waals surface area contributed by atoms with Gasteiger partial charge in [0.1, 0.15) is 0 Å². The largest absolute Gasteiger partial charge is 0.479 e. The van der Waals surface area contributed by atoms with Crippen molar-refractivity contribution in [1.82, 2.24) is 4.72 Å². The normalized spacial score (nSPS) is 22.4. The standard InChI is InChI=1S/C13H16BrNO5S/c1-8-6-10(3-4-11(8)14)21(18,19)15-7-9-2-5-12(20-9)13(16)17/h3-4,6,9,12,15H,2,5,7H2,1H3,(H,16,17). The Kier molecular flexibility index (Phi) is 5.03. The monoisotopic (exact) mass is 377 g/mol. The van der Waals surface area contributed by atoms with Crippen LogP contribution in [0.2, 0.25) is 0 Å². The van der Waals surface area contributed by atoms with Crippen molar-refractivity contribution in [1.29, 1.82) is 0 Å². The molecule has 0 aliphatic carbocycles. The van der Waals surface area contributed by atoms with Crippen molar-refractivity contribution in [2.45, 2.75) is 36.9 Å². The first-order chi connectivity index (χ1) is 9.79. The molecule has 1 fully saturated rings. The molecule has 1 heterocycles. The van der Waals surface area contributed by atoms with E-state index < -0.39 is 28.2 Å². The molecule has 21 heavy (non-hydrogen) atoms. The lowest BCUT2D eigenvalue weighted by atomic mass is 10.2. The lowest BCUT2D eigenvalue weighted by Crippen LogP contribution is -2.33. The molecule has 0 bridgehead atoms. The molecule has 1 saturated heterocycles. The fourth-order valence-electron chi connectivity index (χ4n) is 2.11. The number of carboxylic acid groups (broad SMARTS) is 1. The number of carbonyl (C=O) groups is 1. The number of ether oxygens (including phenoxy) is 1. The maximum absolute atomic E-state index is 12.2. The summed E-state index contributed by atoms with van der Waals surface area (Å²) < 4.78 is 32.9. The Bertz CT molecular complexity index is 646. The zero-order chi connectivity index (χ0) is 15.6. The fraction of sp³-hybridized carbons (Fsp3) is 0.462. The summed E-state index contributed by atoms with van der Waals surface area (Å²) in [6, 6.07) is 4.76. The van der Waals surface area contributed by atoms with Gasteiger partial charge < -0.3 is 9.84 Å². The van der Waals surface area contributed by atoms with Gasteiger partial charge in [-0.3, -0.25) is 0 Å². The molecule has 0 radical (unpaired) electrons. The second-order valence-electron chi connectivity index (χ2n) is 4.93. The van der Waals surface area contributed by atoms with Crippen LogP contribution in [0.25, 0.3) is 0 Å². The maximum Gasteiger partial charge on any atom is 0.332 e. The van der Waals surface area contributed by atoms with Crippen LogP contribution < -0.4 is 4.72 Å². The summed E-state index contributed by atoms with van der Waals surface area (Å²) in [5.74, 6) is -1.01. The van der Waals surface area contributed by atoms with E-state index in [0.29, 0.717) is 12.8 Å². The zero-order valence-corrected chi connectivity index (χ0v) is 13.8. The van der Waals surface area contributed by atoms with E-state index >= 15 is 0 Å². The summed E-state index contributed by atoms with van der Waals surface area (Å²) in [7, 11) is -3.62. The van der Waals surface area contributed by atoms with Gasteiger partial charge in [-0.05, 0) is 43.5 Å². The first kappa shape index (κ1) is 16.4. The van der Waals surface area contributed by atoms with Gasteiger partial charge in [-0.25, -0.2) is 17.9 Å². The summed E-state index contributed by atoms with van der Waals surface area (Å²) in [5.41, 5.74) is 0.820. The molecular formula is C13H16BrNO5S. The van der Waals surface area contributed by atoms with Gasteiger partial charge in [0.15, 0.2) is 6.10 Å². The van der Waals surface area contributed by atoms with Crippen LogP contribution >= 0.6 is 15.9 Å². The van der Waals surface area contributed by atoms with Crippen LogP contribution in [-0.2, 0) is 19.6 Å². The topological polar surface area (TPSA) is 92.7 Å². The molecule has 2 N–H and O–H groups in total. The molecule has 2 unspecified atom stereocenters. The van der Waals surface area contributed by atoms with E-state index in [-0.39, 0.29) is 11.4 Å². The summed E-state index contributed by atoms with van der Waals surface area (Å²) in [6.45, 7) is 1.88. The number of sulfonamides is 1. The number of hydrogen-bond donors (Lipinski definition) is 2. The van der Waals surface area contributed by atoms with Crippen molar-refractivity contribution < 1.29 is 23.1 Å². The van der Waals surface area contributed by atoms with Crippen molar-refractivity contribution >= 4 is 31.9 Å². The Morgan fingerprint density at radius 3 is 2.76 bits per heavy atom. The Morgan fingerprint density at radius 2 is 2.19 bits per heavy atom. The number of aliphatic carboxylic acids is 1. The van der Waals surface area contributed by atoms with E-state index in [1.807, 2.05) is 0 Å². The third-order valence-electron chi connectivity index (χ3n) is 3.32. The average molecular weight is 378 g/mol. The predicted molar refractivity (Wildman–Crippen MR) is 79.6 cm³/mol. The predicted octanol–water partition coefficient (Wildman–Crippen LogP) is 1.67. The SMILES string of the molecule is Cc1cc(S(=O)(=O)NCC2CCC(C(=O)O)O2)ccc1Br. The molecule has 116 valence electrons. The molecule has 0 aromatic heterocycles. The average Bonchev–Trinajstić information content (AvgIpc) is 2.89. The molecule has 2 rings (SSSR count). The van der Waals surface area contributed by atoms with E-state index in [9.17, 15) is 13.2 Å². The number of aryl methyl sites for hydroxylation is 1. The van der Waals surface area contributed by atoms with E-state index in [1.165, 1.54) is 6.07 Å². The van der Waals surface area contributed by atoms with Crippen molar-refractivity contribution in [3.05, 3.63) is 28.2 Å². The fourth-order valence-corrected chi connectivity index (χ4v) is 3.51. The van der Waals surface area contributed by atoms with E-state index in [1.54, 1.807) is 19.1 Å². The number of nitrogens with one attached hydrogen (secondary N) is 1. The minimum absolute atomic E-state index is 0.0707. The van der Waals surface area contributed by atoms with E-state index in [0.717, 1.165) is 10.0 Å². The van der Waals surface area contributed by atoms with E-state index in [4.69, 9.17) is 9.84 Å². The molecule has 2 atom stereocenters. The quantitative estimate of drug-likeness (QED) is 0.813. The summed E-state index contributed by atoms with van der Waals surface area (Å²) >= 11 is 3.32. The van der Waals surface area contributed by atoms with Gasteiger partial charge in [0.2, 0.25) is 10.0 Å². The molecule has 0 spiro atoms. The van der Waals surface area contributed by atoms with Crippen LogP contribution in [-0.4, -0.2) is 38.2 Å². The molecule has 0 saturated carbocycles. The van der Waals surface area contributed by atoms with E-state index in [2.05, 4.69) is 20.7 Å². The summed E-state index contributed by atoms with van der Waals surface area (Å²) in [4.78, 5) is 10.9. The highest BCUT2D eigenvalue weighted by molar-refractivity contribution is 9.10. The highest BCUT2D eigenvalue weighted by Crippen LogP contribution is 2.22. The molecule has 1 aliphatic heterocycles. The van der Waals surface area contributed by atoms with Crippen molar-refractivity contribution in [2.75, 3.05) is 6.54 Å². The molecule has 1 aromatic rings. The molecule has 1 aliphatic rings. The van der Waals surface area contributed by atoms with Crippen LogP contribution in [0.15, 0.2) is 27.6 Å². The van der Waals surface area contributed by atoms with Gasteiger partial charge in [-0.15, -0.1) is 0 Å². The number of benzene rings is 1. The lowest BCUT2D eigenvalue weighted by Gasteiger charge is -2.13. The Morgan fingerprint density at radius 1 is 1.48 bits per heavy atom. The lowest BCUT2D eigenvalue weighted by molar-refractivity contribution is -0.149. The zero-order valence-electron chi connectivity index (χ0n) is 11.4. The second-order valence-corrected chi connectivity index (χ2v) is 7.55. The van der Waals surface area contributed by atoms with Crippen molar-refractivity contribution in [2.24, 2.45) is 0 Å². The van der Waals surface area contributed by atoms with Gasteiger partial charge in [0, 0.05) is 11.0 Å². The van der Waals surface area contributed by atoms with Gasteiger partial charge in [-0.2, -0.15) is 0 Å². The van der Waals surface area contributed by atoms with Crippen LogP contribution in [0, 0.1) is 6.92 Å². The second kappa shape index (κ2) is 6.43. The number of halogens is 1. The van der Waals surface area contributed by atoms with Crippen LogP contribution in [0.3, 0.4) is 0 Å². The molecule has 1 aromatic carbocycles. The first-order valence-electron chi connectivity index (χ1n) is 6.43. The molecule has 0 amide bonds. The van der Waals surface area contributed by atoms with Gasteiger partial charge in [0.25, 0.3) is 0 Å². The van der Waals surface area contributed by atoms with Gasteiger partial charge in [-0.1, -0.05) is 15.9 Å². The van der Waals surface area contributed by atoms with Crippen molar-refractivity contribution in [3.8, 4) is 0 Å². The number of rotatable bonds is 5. The maximum atomic E-state index is 12.2. The number of hydrogen-bond acceptors (Lipinski definition) is 4. The van der Waals surface area contributed by atoms with Gasteiger partial charge in [0.05, 0.1) is 11.0 Å². The summed E-state index contributed by atoms with van der Waals surface area (Å²) in [6.07, 6.45) is -0.315. The van der Waals surface area contributed by atoms with Crippen LogP contribution in [0.5, 0.6) is 0 Å². The molecular weight excluding hydrogens is 362 g/mol. The molecule has 8 heteroatoms. The third kappa shape index (κ3) is 4.03. The molecule has 6 nitrogen and oxygen atoms in total. The number of carboxylic acids is 1. The third-order valence-corrected chi connectivity index (χ3v) is 5.63. The minimum Gasteiger partial charge on any atom is -0.479 e. The highest BCUT2D eigenvalue weighted by Gasteiger charge is 2.31. The smallest absolute Gasteiger partial charge is 0.332 e. The Labute approximate surface area is 131 Å². The highest BCUT2D eigenvalue weighted by atomic mass is 79.9. The van der Waals surface area contributed by atoms with Crippen molar-refractivity contribution in [3.63, 3.8) is 0 Å². The van der Waals surface area contributed by atoms with Gasteiger partial charge >= 0.3 is 5.97 Å². The first-order valence-corrected chi connectivity index (χ1v) is 8.71. The minimum atomic E-state index is -3.62. The summed E-state index contributed by atoms with van der Waals surface area (Å²) in [5, 5.41) is 8.83. The van der Waals surface area contributed by atoms with Crippen LogP contribution in [0.1, 0.15) is 18.4 Å². The Balaban J connectivity index is 1.99. The van der Waals surface area contributed by atoms with Crippen LogP contribution in [0.4, 0.5) is 0 Å². The Hall–Kier alpha value is -0.960.